The van der Waals surface area contributed by atoms with Crippen molar-refractivity contribution in [2.24, 2.45) is 0 Å². The van der Waals surface area contributed by atoms with Gasteiger partial charge >= 0.3 is 0 Å². The molecule has 2 saturated heterocycles. The first-order chi connectivity index (χ1) is 10.4. The molecule has 4 nitrogen and oxygen atoms in total. The van der Waals surface area contributed by atoms with E-state index in [4.69, 9.17) is 23.2 Å². The highest BCUT2D eigenvalue weighted by atomic mass is 35.5. The topological polar surface area (TPSA) is 40.6 Å². The van der Waals surface area contributed by atoms with Crippen LogP contribution >= 0.6 is 23.2 Å². The summed E-state index contributed by atoms with van der Waals surface area (Å²) in [7, 11) is -2.80. The second kappa shape index (κ2) is 6.65. The van der Waals surface area contributed by atoms with Gasteiger partial charge in [0.05, 0.1) is 11.5 Å². The van der Waals surface area contributed by atoms with Crippen molar-refractivity contribution in [1.29, 1.82) is 0 Å². The van der Waals surface area contributed by atoms with Gasteiger partial charge in [0.25, 0.3) is 0 Å². The first-order valence-corrected chi connectivity index (χ1v) is 10.1. The Bertz CT molecular complexity index is 643. The van der Waals surface area contributed by atoms with Crippen LogP contribution in [0.25, 0.3) is 0 Å². The highest BCUT2D eigenvalue weighted by Gasteiger charge is 2.33. The smallest absolute Gasteiger partial charge is 0.151 e. The summed E-state index contributed by atoms with van der Waals surface area (Å²) in [6.45, 7) is 4.54. The lowest BCUT2D eigenvalue weighted by atomic mass is 10.1. The van der Waals surface area contributed by atoms with E-state index >= 15 is 0 Å². The molecule has 0 amide bonds. The summed E-state index contributed by atoms with van der Waals surface area (Å²) in [6, 6.07) is 5.83. The summed E-state index contributed by atoms with van der Waals surface area (Å²) in [5.74, 6) is 0.675. The number of benzene rings is 1. The average Bonchev–Trinajstić information content (AvgIpc) is 2.83. The maximum atomic E-state index is 11.6. The number of hydrogen-bond acceptors (Lipinski definition) is 4. The van der Waals surface area contributed by atoms with Gasteiger partial charge in [-0.1, -0.05) is 29.3 Å². The Morgan fingerprint density at radius 2 is 1.86 bits per heavy atom. The minimum Gasteiger partial charge on any atom is -0.297 e. The summed E-state index contributed by atoms with van der Waals surface area (Å²) >= 11 is 12.1. The molecule has 2 aliphatic rings. The fraction of sp³-hybridized carbons (Fsp3) is 0.600. The van der Waals surface area contributed by atoms with Gasteiger partial charge in [-0.05, 0) is 24.1 Å². The Hall–Kier alpha value is -0.330. The number of piperazine rings is 1. The van der Waals surface area contributed by atoms with E-state index < -0.39 is 9.84 Å². The zero-order chi connectivity index (χ0) is 15.7. The normalized spacial score (nSPS) is 26.4. The molecule has 1 atom stereocenters. The van der Waals surface area contributed by atoms with Crippen molar-refractivity contribution in [2.45, 2.75) is 19.0 Å². The van der Waals surface area contributed by atoms with Crippen LogP contribution in [0.4, 0.5) is 0 Å². The van der Waals surface area contributed by atoms with Crippen molar-refractivity contribution < 1.29 is 8.42 Å². The zero-order valence-corrected chi connectivity index (χ0v) is 14.7. The number of rotatable bonds is 3. The van der Waals surface area contributed by atoms with Crippen LogP contribution in [0.15, 0.2) is 18.2 Å². The summed E-state index contributed by atoms with van der Waals surface area (Å²) < 4.78 is 23.2. The molecule has 3 rings (SSSR count). The molecule has 0 aromatic heterocycles. The number of halogens is 2. The van der Waals surface area contributed by atoms with Gasteiger partial charge in [-0.25, -0.2) is 8.42 Å². The van der Waals surface area contributed by atoms with Crippen molar-refractivity contribution in [3.05, 3.63) is 33.8 Å². The van der Waals surface area contributed by atoms with Gasteiger partial charge in [-0.2, -0.15) is 0 Å². The Morgan fingerprint density at radius 1 is 1.14 bits per heavy atom. The van der Waals surface area contributed by atoms with E-state index in [0.717, 1.165) is 44.7 Å². The fourth-order valence-electron chi connectivity index (χ4n) is 3.24. The van der Waals surface area contributed by atoms with Crippen LogP contribution < -0.4 is 0 Å². The van der Waals surface area contributed by atoms with Gasteiger partial charge in [0.15, 0.2) is 9.84 Å². The van der Waals surface area contributed by atoms with Crippen LogP contribution in [0.1, 0.15) is 12.0 Å². The standard InChI is InChI=1S/C15H20Cl2N2O2S/c16-13-2-1-12(15(17)9-13)10-18-4-6-19(7-5-18)14-3-8-22(20,21)11-14/h1-2,9,14H,3-8,10-11H2/t14-/m0/s1. The fourth-order valence-corrected chi connectivity index (χ4v) is 5.47. The van der Waals surface area contributed by atoms with E-state index in [2.05, 4.69) is 9.80 Å². The van der Waals surface area contributed by atoms with Crippen molar-refractivity contribution in [3.8, 4) is 0 Å². The zero-order valence-electron chi connectivity index (χ0n) is 12.3. The third-order valence-corrected chi connectivity index (χ3v) is 6.88. The minimum atomic E-state index is -2.80. The van der Waals surface area contributed by atoms with Gasteiger partial charge in [0.2, 0.25) is 0 Å². The maximum Gasteiger partial charge on any atom is 0.151 e. The minimum absolute atomic E-state index is 0.214. The molecule has 0 N–H and O–H groups in total. The van der Waals surface area contributed by atoms with Crippen molar-refractivity contribution in [3.63, 3.8) is 0 Å². The van der Waals surface area contributed by atoms with Gasteiger partial charge in [0.1, 0.15) is 0 Å². The van der Waals surface area contributed by atoms with Crippen LogP contribution in [0.5, 0.6) is 0 Å². The molecular formula is C15H20Cl2N2O2S. The summed E-state index contributed by atoms with van der Waals surface area (Å²) in [6.07, 6.45) is 0.783. The third-order valence-electron chi connectivity index (χ3n) is 4.54. The second-order valence-corrected chi connectivity index (χ2v) is 9.18. The summed E-state index contributed by atoms with van der Waals surface area (Å²) in [5.41, 5.74) is 1.09. The van der Waals surface area contributed by atoms with Crippen molar-refractivity contribution >= 4 is 33.0 Å². The van der Waals surface area contributed by atoms with Crippen LogP contribution in [-0.2, 0) is 16.4 Å². The molecule has 1 aromatic carbocycles. The lowest BCUT2D eigenvalue weighted by molar-refractivity contribution is 0.100. The van der Waals surface area contributed by atoms with Crippen LogP contribution in [-0.4, -0.2) is 61.9 Å². The summed E-state index contributed by atoms with van der Waals surface area (Å²) in [4.78, 5) is 4.68. The second-order valence-electron chi connectivity index (χ2n) is 6.10. The van der Waals surface area contributed by atoms with E-state index in [1.807, 2.05) is 12.1 Å². The first-order valence-electron chi connectivity index (χ1n) is 7.54. The predicted octanol–water partition coefficient (Wildman–Crippen LogP) is 2.30. The molecule has 0 bridgehead atoms. The van der Waals surface area contributed by atoms with E-state index in [1.165, 1.54) is 0 Å². The van der Waals surface area contributed by atoms with E-state index in [-0.39, 0.29) is 6.04 Å². The molecule has 0 spiro atoms. The van der Waals surface area contributed by atoms with Crippen LogP contribution in [0.2, 0.25) is 10.0 Å². The SMILES string of the molecule is O=S1(=O)CC[C@H](N2CCN(Cc3ccc(Cl)cc3Cl)CC2)C1. The molecule has 22 heavy (non-hydrogen) atoms. The molecule has 0 aliphatic carbocycles. The Balaban J connectivity index is 1.54. The van der Waals surface area contributed by atoms with Gasteiger partial charge in [-0.3, -0.25) is 9.80 Å². The highest BCUT2D eigenvalue weighted by molar-refractivity contribution is 7.91. The van der Waals surface area contributed by atoms with Crippen molar-refractivity contribution in [1.82, 2.24) is 9.80 Å². The Morgan fingerprint density at radius 3 is 2.45 bits per heavy atom. The first kappa shape index (κ1) is 16.5. The molecule has 2 aliphatic heterocycles. The van der Waals surface area contributed by atoms with Crippen LogP contribution in [0.3, 0.4) is 0 Å². The number of hydrogen-bond donors (Lipinski definition) is 0. The maximum absolute atomic E-state index is 11.6. The Kier molecular flexibility index (Phi) is 5.00. The molecule has 2 heterocycles. The monoisotopic (exact) mass is 362 g/mol. The highest BCUT2D eigenvalue weighted by Crippen LogP contribution is 2.24. The predicted molar refractivity (Wildman–Crippen MR) is 90.4 cm³/mol. The summed E-state index contributed by atoms with van der Waals surface area (Å²) in [5, 5.41) is 1.36. The van der Waals surface area contributed by atoms with E-state index in [0.29, 0.717) is 21.6 Å². The molecular weight excluding hydrogens is 343 g/mol. The van der Waals surface area contributed by atoms with E-state index in [1.54, 1.807) is 6.07 Å². The largest absolute Gasteiger partial charge is 0.297 e. The molecule has 0 radical (unpaired) electrons. The van der Waals surface area contributed by atoms with E-state index in [9.17, 15) is 8.42 Å². The van der Waals surface area contributed by atoms with Gasteiger partial charge < -0.3 is 0 Å². The molecule has 0 unspecified atom stereocenters. The van der Waals surface area contributed by atoms with Crippen LogP contribution in [0, 0.1) is 0 Å². The molecule has 122 valence electrons. The Labute approximate surface area is 141 Å². The molecule has 1 aromatic rings. The molecule has 7 heteroatoms. The van der Waals surface area contributed by atoms with Gasteiger partial charge in [-0.15, -0.1) is 0 Å². The molecule has 2 fully saturated rings. The quantitative estimate of drug-likeness (QED) is 0.826. The van der Waals surface area contributed by atoms with Crippen molar-refractivity contribution in [2.75, 3.05) is 37.7 Å². The molecule has 0 saturated carbocycles. The van der Waals surface area contributed by atoms with Gasteiger partial charge in [0, 0.05) is 48.8 Å². The lowest BCUT2D eigenvalue weighted by Gasteiger charge is -2.37. The third kappa shape index (κ3) is 3.95. The number of sulfone groups is 1. The average molecular weight is 363 g/mol. The number of nitrogens with zero attached hydrogens (tertiary/aromatic N) is 2. The lowest BCUT2D eigenvalue weighted by Crippen LogP contribution is -2.50.